The molecule has 23 heavy (non-hydrogen) atoms. The number of halogens is 1. The van der Waals surface area contributed by atoms with Crippen LogP contribution in [-0.2, 0) is 6.54 Å². The van der Waals surface area contributed by atoms with Crippen LogP contribution in [0.2, 0.25) is 0 Å². The zero-order valence-corrected chi connectivity index (χ0v) is 12.2. The van der Waals surface area contributed by atoms with Crippen LogP contribution >= 0.6 is 0 Å². The highest BCUT2D eigenvalue weighted by molar-refractivity contribution is 6.14. The van der Waals surface area contributed by atoms with E-state index in [0.29, 0.717) is 17.1 Å². The molecule has 0 unspecified atom stereocenters. The van der Waals surface area contributed by atoms with Gasteiger partial charge in [0, 0.05) is 13.1 Å². The van der Waals surface area contributed by atoms with Crippen LogP contribution in [-0.4, -0.2) is 32.4 Å². The third-order valence-corrected chi connectivity index (χ3v) is 4.30. The predicted molar refractivity (Wildman–Crippen MR) is 84.4 cm³/mol. The van der Waals surface area contributed by atoms with E-state index in [0.717, 1.165) is 36.6 Å². The molecule has 2 aliphatic rings. The second kappa shape index (κ2) is 4.52. The number of aliphatic imine (C=N–C) groups is 1. The van der Waals surface area contributed by atoms with Crippen molar-refractivity contribution in [2.75, 3.05) is 11.4 Å². The van der Waals surface area contributed by atoms with Crippen molar-refractivity contribution in [3.63, 3.8) is 0 Å². The van der Waals surface area contributed by atoms with Gasteiger partial charge in [0.2, 0.25) is 0 Å². The van der Waals surface area contributed by atoms with Crippen LogP contribution in [0.3, 0.4) is 0 Å². The van der Waals surface area contributed by atoms with Gasteiger partial charge in [-0.1, -0.05) is 12.1 Å². The van der Waals surface area contributed by atoms with Gasteiger partial charge in [0.1, 0.15) is 23.2 Å². The number of aryl methyl sites for hydroxylation is 1. The summed E-state index contributed by atoms with van der Waals surface area (Å²) >= 11 is 0. The lowest BCUT2D eigenvalue weighted by molar-refractivity contribution is 0.546. The molecule has 0 bridgehead atoms. The molecule has 0 radical (unpaired) electrons. The van der Waals surface area contributed by atoms with E-state index in [-0.39, 0.29) is 5.82 Å². The SMILES string of the molecule is Fc1ccccc1C1=Nc2cn[nH]c2-c2cnn3c2N1CCC3. The lowest BCUT2D eigenvalue weighted by Gasteiger charge is -2.30. The van der Waals surface area contributed by atoms with Gasteiger partial charge >= 0.3 is 0 Å². The fourth-order valence-corrected chi connectivity index (χ4v) is 3.28. The van der Waals surface area contributed by atoms with Crippen LogP contribution in [0.4, 0.5) is 15.9 Å². The Balaban J connectivity index is 1.83. The van der Waals surface area contributed by atoms with E-state index in [1.54, 1.807) is 18.3 Å². The molecule has 0 amide bonds. The first kappa shape index (κ1) is 12.6. The van der Waals surface area contributed by atoms with Crippen LogP contribution in [0.15, 0.2) is 41.7 Å². The Hall–Kier alpha value is -2.96. The fraction of sp³-hybridized carbons (Fsp3) is 0.188. The van der Waals surface area contributed by atoms with E-state index in [1.165, 1.54) is 6.07 Å². The average molecular weight is 308 g/mol. The summed E-state index contributed by atoms with van der Waals surface area (Å²) in [5, 5.41) is 11.6. The molecule has 0 saturated carbocycles. The van der Waals surface area contributed by atoms with Gasteiger partial charge in [-0.05, 0) is 18.6 Å². The Bertz CT molecular complexity index is 938. The van der Waals surface area contributed by atoms with Crippen molar-refractivity contribution < 1.29 is 4.39 Å². The molecule has 0 fully saturated rings. The number of amidine groups is 1. The first-order chi connectivity index (χ1) is 11.3. The Morgan fingerprint density at radius 2 is 2.00 bits per heavy atom. The highest BCUT2D eigenvalue weighted by Crippen LogP contribution is 2.41. The van der Waals surface area contributed by atoms with Gasteiger partial charge in [-0.15, -0.1) is 0 Å². The highest BCUT2D eigenvalue weighted by Gasteiger charge is 2.32. The van der Waals surface area contributed by atoms with Gasteiger partial charge in [-0.3, -0.25) is 5.10 Å². The van der Waals surface area contributed by atoms with Crippen molar-refractivity contribution >= 4 is 17.3 Å². The van der Waals surface area contributed by atoms with E-state index in [2.05, 4.69) is 20.2 Å². The van der Waals surface area contributed by atoms with Crippen molar-refractivity contribution in [1.29, 1.82) is 0 Å². The van der Waals surface area contributed by atoms with E-state index in [9.17, 15) is 4.39 Å². The largest absolute Gasteiger partial charge is 0.310 e. The number of H-pyrrole nitrogens is 1. The molecule has 5 rings (SSSR count). The third-order valence-electron chi connectivity index (χ3n) is 4.30. The van der Waals surface area contributed by atoms with E-state index in [4.69, 9.17) is 4.99 Å². The molecule has 0 atom stereocenters. The van der Waals surface area contributed by atoms with Crippen LogP contribution in [0, 0.1) is 5.82 Å². The van der Waals surface area contributed by atoms with Crippen LogP contribution in [0.1, 0.15) is 12.0 Å². The zero-order valence-electron chi connectivity index (χ0n) is 12.2. The molecule has 6 nitrogen and oxygen atoms in total. The summed E-state index contributed by atoms with van der Waals surface area (Å²) in [6, 6.07) is 6.73. The maximum Gasteiger partial charge on any atom is 0.145 e. The lowest BCUT2D eigenvalue weighted by atomic mass is 10.1. The summed E-state index contributed by atoms with van der Waals surface area (Å²) in [5.41, 5.74) is 2.97. The normalized spacial score (nSPS) is 15.7. The molecule has 4 heterocycles. The molecule has 2 aliphatic heterocycles. The van der Waals surface area contributed by atoms with Gasteiger partial charge < -0.3 is 4.90 Å². The molecule has 0 spiro atoms. The number of aromatic nitrogens is 4. The Morgan fingerprint density at radius 1 is 1.09 bits per heavy atom. The number of fused-ring (bicyclic) bond motifs is 2. The quantitative estimate of drug-likeness (QED) is 0.752. The topological polar surface area (TPSA) is 62.1 Å². The summed E-state index contributed by atoms with van der Waals surface area (Å²) in [7, 11) is 0. The second-order valence-corrected chi connectivity index (χ2v) is 5.66. The van der Waals surface area contributed by atoms with Crippen molar-refractivity contribution in [1.82, 2.24) is 20.0 Å². The van der Waals surface area contributed by atoms with Crippen LogP contribution in [0.25, 0.3) is 11.3 Å². The number of hydrogen-bond donors (Lipinski definition) is 1. The number of aromatic amines is 1. The molecule has 1 aromatic carbocycles. The molecular formula is C16H13FN6. The van der Waals surface area contributed by atoms with Gasteiger partial charge in [0.05, 0.1) is 29.2 Å². The molecule has 3 aromatic rings. The van der Waals surface area contributed by atoms with E-state index in [1.807, 2.05) is 16.9 Å². The van der Waals surface area contributed by atoms with Crippen LogP contribution < -0.4 is 4.90 Å². The number of anilines is 1. The van der Waals surface area contributed by atoms with Gasteiger partial charge in [0.15, 0.2) is 0 Å². The number of rotatable bonds is 1. The van der Waals surface area contributed by atoms with Crippen molar-refractivity contribution in [3.8, 4) is 11.3 Å². The molecule has 7 heteroatoms. The van der Waals surface area contributed by atoms with Gasteiger partial charge in [0.25, 0.3) is 0 Å². The van der Waals surface area contributed by atoms with Crippen molar-refractivity contribution in [2.45, 2.75) is 13.0 Å². The Morgan fingerprint density at radius 3 is 2.91 bits per heavy atom. The maximum atomic E-state index is 14.4. The number of hydrogen-bond acceptors (Lipinski definition) is 4. The number of nitrogens with one attached hydrogen (secondary N) is 1. The predicted octanol–water partition coefficient (Wildman–Crippen LogP) is 2.71. The van der Waals surface area contributed by atoms with Gasteiger partial charge in [-0.25, -0.2) is 14.1 Å². The standard InChI is InChI=1S/C16H13FN6/c17-12-5-2-1-4-10(12)15-20-13-9-18-21-14(13)11-8-19-23-7-3-6-22(15)16(11)23/h1-2,4-5,8-9H,3,6-7H2,(H,18,21). The first-order valence-corrected chi connectivity index (χ1v) is 7.53. The number of benzene rings is 1. The first-order valence-electron chi connectivity index (χ1n) is 7.53. The summed E-state index contributed by atoms with van der Waals surface area (Å²) < 4.78 is 16.3. The smallest absolute Gasteiger partial charge is 0.145 e. The molecule has 1 N–H and O–H groups in total. The van der Waals surface area contributed by atoms with Gasteiger partial charge in [-0.2, -0.15) is 10.2 Å². The van der Waals surface area contributed by atoms with E-state index < -0.39 is 0 Å². The zero-order chi connectivity index (χ0) is 15.4. The minimum atomic E-state index is -0.281. The summed E-state index contributed by atoms with van der Waals surface area (Å²) in [4.78, 5) is 6.77. The van der Waals surface area contributed by atoms with Crippen molar-refractivity contribution in [2.24, 2.45) is 4.99 Å². The molecule has 0 saturated heterocycles. The molecule has 2 aromatic heterocycles. The third kappa shape index (κ3) is 1.70. The summed E-state index contributed by atoms with van der Waals surface area (Å²) in [5.74, 6) is 1.27. The minimum Gasteiger partial charge on any atom is -0.310 e. The molecule has 114 valence electrons. The molecular weight excluding hydrogens is 295 g/mol. The monoisotopic (exact) mass is 308 g/mol. The average Bonchev–Trinajstić information content (AvgIpc) is 3.16. The molecule has 0 aliphatic carbocycles. The number of nitrogens with zero attached hydrogens (tertiary/aromatic N) is 5. The minimum absolute atomic E-state index is 0.281. The summed E-state index contributed by atoms with van der Waals surface area (Å²) in [6.07, 6.45) is 4.43. The second-order valence-electron chi connectivity index (χ2n) is 5.66. The van der Waals surface area contributed by atoms with Crippen molar-refractivity contribution in [3.05, 3.63) is 48.0 Å². The lowest BCUT2D eigenvalue weighted by Crippen LogP contribution is -2.38. The van der Waals surface area contributed by atoms with Crippen LogP contribution in [0.5, 0.6) is 0 Å². The Kier molecular flexibility index (Phi) is 2.47. The summed E-state index contributed by atoms with van der Waals surface area (Å²) in [6.45, 7) is 1.63. The maximum absolute atomic E-state index is 14.4. The highest BCUT2D eigenvalue weighted by atomic mass is 19.1. The van der Waals surface area contributed by atoms with E-state index >= 15 is 0 Å². The Labute approximate surface area is 131 Å². The fourth-order valence-electron chi connectivity index (χ4n) is 3.28.